The van der Waals surface area contributed by atoms with Crippen LogP contribution in [0.3, 0.4) is 0 Å². The smallest absolute Gasteiger partial charge is 0.248 e. The van der Waals surface area contributed by atoms with Crippen LogP contribution in [0.5, 0.6) is 0 Å². The largest absolute Gasteiger partial charge is 0.355 e. The van der Waals surface area contributed by atoms with Crippen LogP contribution in [0.4, 0.5) is 4.39 Å². The van der Waals surface area contributed by atoms with E-state index in [4.69, 9.17) is 11.6 Å². The molecule has 1 aromatic rings. The van der Waals surface area contributed by atoms with Gasteiger partial charge >= 0.3 is 0 Å². The molecule has 7 nitrogen and oxygen atoms in total. The van der Waals surface area contributed by atoms with Crippen molar-refractivity contribution >= 4 is 27.5 Å². The molecule has 2 heterocycles. The van der Waals surface area contributed by atoms with E-state index in [1.807, 2.05) is 0 Å². The summed E-state index contributed by atoms with van der Waals surface area (Å²) in [6.07, 6.45) is -1.24. The van der Waals surface area contributed by atoms with Gasteiger partial charge in [0, 0.05) is 33.1 Å². The Kier molecular flexibility index (Phi) is 4.78. The first-order chi connectivity index (χ1) is 10.1. The molecule has 1 fully saturated rings. The van der Waals surface area contributed by atoms with Crippen LogP contribution in [0.2, 0.25) is 5.15 Å². The van der Waals surface area contributed by atoms with Crippen molar-refractivity contribution in [2.45, 2.75) is 37.4 Å². The first kappa shape index (κ1) is 17.2. The summed E-state index contributed by atoms with van der Waals surface area (Å²) in [6.45, 7) is 2.66. The highest BCUT2D eigenvalue weighted by atomic mass is 35.5. The lowest BCUT2D eigenvalue weighted by molar-refractivity contribution is -0.119. The van der Waals surface area contributed by atoms with Gasteiger partial charge in [0.2, 0.25) is 15.9 Å². The summed E-state index contributed by atoms with van der Waals surface area (Å²) in [5.41, 5.74) is 0.257. The van der Waals surface area contributed by atoms with E-state index < -0.39 is 22.2 Å². The Labute approximate surface area is 133 Å². The number of aromatic nitrogens is 2. The van der Waals surface area contributed by atoms with Crippen molar-refractivity contribution in [3.8, 4) is 0 Å². The third-order valence-corrected chi connectivity index (χ3v) is 6.18. The normalized spacial score (nSPS) is 23.0. The van der Waals surface area contributed by atoms with E-state index in [1.165, 1.54) is 25.6 Å². The van der Waals surface area contributed by atoms with E-state index in [9.17, 15) is 17.6 Å². The molecule has 0 spiro atoms. The monoisotopic (exact) mass is 352 g/mol. The lowest BCUT2D eigenvalue weighted by Crippen LogP contribution is -2.42. The zero-order chi connectivity index (χ0) is 16.7. The number of nitrogens with zero attached hydrogens (tertiary/aromatic N) is 3. The zero-order valence-corrected chi connectivity index (χ0v) is 14.1. The van der Waals surface area contributed by atoms with Gasteiger partial charge in [-0.3, -0.25) is 9.48 Å². The number of sulfonamides is 1. The third-order valence-electron chi connectivity index (χ3n) is 3.57. The Morgan fingerprint density at radius 1 is 1.55 bits per heavy atom. The van der Waals surface area contributed by atoms with Crippen LogP contribution in [-0.4, -0.2) is 53.7 Å². The number of nitrogens with one attached hydrogen (secondary N) is 1. The fourth-order valence-corrected chi connectivity index (χ4v) is 4.97. The maximum absolute atomic E-state index is 13.7. The van der Waals surface area contributed by atoms with Crippen LogP contribution in [0, 0.1) is 6.92 Å². The van der Waals surface area contributed by atoms with Crippen molar-refractivity contribution in [2.75, 3.05) is 13.1 Å². The SMILES string of the molecule is CC(=O)NC[C@@H]1C[C@H](F)CN1S(=O)(=O)c1c(C)nn(C)c1Cl. The highest BCUT2D eigenvalue weighted by Gasteiger charge is 2.42. The highest BCUT2D eigenvalue weighted by molar-refractivity contribution is 7.89. The van der Waals surface area contributed by atoms with Crippen LogP contribution < -0.4 is 5.32 Å². The van der Waals surface area contributed by atoms with Crippen LogP contribution in [-0.2, 0) is 21.9 Å². The van der Waals surface area contributed by atoms with E-state index in [-0.39, 0.29) is 41.2 Å². The Balaban J connectivity index is 2.36. The number of carbonyl (C=O) groups excluding carboxylic acids is 1. The number of alkyl halides is 1. The molecule has 1 aromatic heterocycles. The number of aryl methyl sites for hydroxylation is 2. The summed E-state index contributed by atoms with van der Waals surface area (Å²) in [5, 5.41) is 6.50. The summed E-state index contributed by atoms with van der Waals surface area (Å²) in [4.78, 5) is 10.9. The van der Waals surface area contributed by atoms with Gasteiger partial charge in [-0.15, -0.1) is 0 Å². The maximum Gasteiger partial charge on any atom is 0.248 e. The molecule has 0 aromatic carbocycles. The molecule has 0 unspecified atom stereocenters. The van der Waals surface area contributed by atoms with Crippen molar-refractivity contribution < 1.29 is 17.6 Å². The van der Waals surface area contributed by atoms with Crippen LogP contribution in [0.15, 0.2) is 4.90 Å². The van der Waals surface area contributed by atoms with E-state index in [0.29, 0.717) is 0 Å². The van der Waals surface area contributed by atoms with Crippen molar-refractivity contribution in [3.63, 3.8) is 0 Å². The topological polar surface area (TPSA) is 84.3 Å². The molecule has 1 N–H and O–H groups in total. The lowest BCUT2D eigenvalue weighted by atomic mass is 10.2. The summed E-state index contributed by atoms with van der Waals surface area (Å²) < 4.78 is 41.6. The molecule has 124 valence electrons. The molecule has 0 aliphatic carbocycles. The molecule has 2 rings (SSSR count). The van der Waals surface area contributed by atoms with E-state index in [0.717, 1.165) is 4.31 Å². The van der Waals surface area contributed by atoms with Gasteiger partial charge in [0.1, 0.15) is 16.2 Å². The predicted molar refractivity (Wildman–Crippen MR) is 78.8 cm³/mol. The number of hydrogen-bond acceptors (Lipinski definition) is 4. The number of hydrogen-bond donors (Lipinski definition) is 1. The van der Waals surface area contributed by atoms with Crippen molar-refractivity contribution in [3.05, 3.63) is 10.8 Å². The summed E-state index contributed by atoms with van der Waals surface area (Å²) >= 11 is 6.02. The molecule has 2 atom stereocenters. The Morgan fingerprint density at radius 2 is 2.18 bits per heavy atom. The fourth-order valence-electron chi connectivity index (χ4n) is 2.59. The molecule has 22 heavy (non-hydrogen) atoms. The number of halogens is 2. The summed E-state index contributed by atoms with van der Waals surface area (Å²) in [5.74, 6) is -0.296. The van der Waals surface area contributed by atoms with Crippen LogP contribution in [0.25, 0.3) is 0 Å². The standard InChI is InChI=1S/C12H18ClFN4O3S/c1-7-11(12(13)17(3)16-7)22(20,21)18-6-9(14)4-10(18)5-15-8(2)19/h9-10H,4-6H2,1-3H3,(H,15,19)/t9-,10-/m0/s1. The molecule has 1 saturated heterocycles. The van der Waals surface area contributed by atoms with Gasteiger partial charge in [-0.2, -0.15) is 9.40 Å². The molecule has 0 saturated carbocycles. The number of carbonyl (C=O) groups is 1. The molecule has 1 aliphatic rings. The minimum absolute atomic E-state index is 0.0157. The minimum atomic E-state index is -3.98. The van der Waals surface area contributed by atoms with Crippen LogP contribution in [0.1, 0.15) is 19.0 Å². The Hall–Kier alpha value is -1.19. The van der Waals surface area contributed by atoms with Gasteiger partial charge in [-0.25, -0.2) is 12.8 Å². The maximum atomic E-state index is 13.7. The molecule has 0 radical (unpaired) electrons. The first-order valence-electron chi connectivity index (χ1n) is 6.74. The van der Waals surface area contributed by atoms with Crippen molar-refractivity contribution in [1.29, 1.82) is 0 Å². The second-order valence-corrected chi connectivity index (χ2v) is 7.51. The number of amides is 1. The molecule has 1 amide bonds. The summed E-state index contributed by atoms with van der Waals surface area (Å²) in [7, 11) is -2.45. The van der Waals surface area contributed by atoms with Gasteiger partial charge in [0.05, 0.1) is 5.69 Å². The fraction of sp³-hybridized carbons (Fsp3) is 0.667. The van der Waals surface area contributed by atoms with E-state index in [2.05, 4.69) is 10.4 Å². The Bertz CT molecular complexity index is 691. The molecule has 1 aliphatic heterocycles. The second kappa shape index (κ2) is 6.13. The minimum Gasteiger partial charge on any atom is -0.355 e. The molecule has 10 heteroatoms. The van der Waals surface area contributed by atoms with Gasteiger partial charge in [0.25, 0.3) is 0 Å². The van der Waals surface area contributed by atoms with Crippen molar-refractivity contribution in [2.24, 2.45) is 7.05 Å². The molecule has 0 bridgehead atoms. The molecular weight excluding hydrogens is 335 g/mol. The highest BCUT2D eigenvalue weighted by Crippen LogP contribution is 2.32. The summed E-state index contributed by atoms with van der Waals surface area (Å²) in [6, 6.07) is -0.639. The van der Waals surface area contributed by atoms with E-state index in [1.54, 1.807) is 0 Å². The quantitative estimate of drug-likeness (QED) is 0.861. The van der Waals surface area contributed by atoms with E-state index >= 15 is 0 Å². The van der Waals surface area contributed by atoms with Gasteiger partial charge in [-0.1, -0.05) is 11.6 Å². The second-order valence-electron chi connectivity index (χ2n) is 5.33. The third kappa shape index (κ3) is 3.11. The average Bonchev–Trinajstić information content (AvgIpc) is 2.88. The number of rotatable bonds is 4. The zero-order valence-electron chi connectivity index (χ0n) is 12.5. The first-order valence-corrected chi connectivity index (χ1v) is 8.55. The van der Waals surface area contributed by atoms with Crippen LogP contribution >= 0.6 is 11.6 Å². The molecular formula is C12H18ClFN4O3S. The van der Waals surface area contributed by atoms with Crippen molar-refractivity contribution in [1.82, 2.24) is 19.4 Å². The predicted octanol–water partition coefficient (Wildman–Crippen LogP) is 0.619. The lowest BCUT2D eigenvalue weighted by Gasteiger charge is -2.23. The average molecular weight is 353 g/mol. The van der Waals surface area contributed by atoms with Gasteiger partial charge in [0.15, 0.2) is 0 Å². The van der Waals surface area contributed by atoms with Gasteiger partial charge in [-0.05, 0) is 13.3 Å². The van der Waals surface area contributed by atoms with Gasteiger partial charge < -0.3 is 5.32 Å². The Morgan fingerprint density at radius 3 is 2.68 bits per heavy atom.